The first-order valence-electron chi connectivity index (χ1n) is 8.80. The minimum absolute atomic E-state index is 0.0103. The van der Waals surface area contributed by atoms with Gasteiger partial charge in [-0.2, -0.15) is 0 Å². The molecule has 1 atom stereocenters. The van der Waals surface area contributed by atoms with E-state index in [9.17, 15) is 14.9 Å². The molecule has 3 rings (SSSR count). The third kappa shape index (κ3) is 4.24. The molecule has 1 aromatic heterocycles. The number of ether oxygens (including phenoxy) is 1. The van der Waals surface area contributed by atoms with Crippen molar-refractivity contribution in [2.75, 3.05) is 24.5 Å². The molecule has 1 aliphatic heterocycles. The lowest BCUT2D eigenvalue weighted by Gasteiger charge is -2.40. The van der Waals surface area contributed by atoms with Gasteiger partial charge < -0.3 is 14.5 Å². The van der Waals surface area contributed by atoms with Crippen LogP contribution in [-0.2, 0) is 4.74 Å². The molecule has 0 spiro atoms. The van der Waals surface area contributed by atoms with Crippen molar-refractivity contribution in [2.45, 2.75) is 39.3 Å². The van der Waals surface area contributed by atoms with Crippen LogP contribution >= 0.6 is 0 Å². The maximum atomic E-state index is 12.3. The van der Waals surface area contributed by atoms with Crippen LogP contribution in [-0.4, -0.2) is 57.2 Å². The third-order valence-electron chi connectivity index (χ3n) is 4.30. The van der Waals surface area contributed by atoms with Gasteiger partial charge in [0.2, 0.25) is 0 Å². The highest BCUT2D eigenvalue weighted by molar-refractivity contribution is 5.78. The third-order valence-corrected chi connectivity index (χ3v) is 4.30. The van der Waals surface area contributed by atoms with E-state index in [0.29, 0.717) is 36.5 Å². The Morgan fingerprint density at radius 2 is 2.04 bits per heavy atom. The molecule has 144 valence electrons. The molecule has 9 nitrogen and oxygen atoms in total. The highest BCUT2D eigenvalue weighted by Gasteiger charge is 2.30. The Kier molecular flexibility index (Phi) is 4.86. The van der Waals surface area contributed by atoms with Crippen molar-refractivity contribution in [3.63, 3.8) is 0 Å². The van der Waals surface area contributed by atoms with Gasteiger partial charge in [0.1, 0.15) is 11.4 Å². The normalized spacial score (nSPS) is 17.9. The van der Waals surface area contributed by atoms with Gasteiger partial charge in [0.15, 0.2) is 0 Å². The summed E-state index contributed by atoms with van der Waals surface area (Å²) in [5.41, 5.74) is 0.543. The first-order chi connectivity index (χ1) is 12.6. The zero-order chi connectivity index (χ0) is 19.8. The maximum Gasteiger partial charge on any atom is 0.410 e. The zero-order valence-corrected chi connectivity index (χ0v) is 15.9. The second-order valence-corrected chi connectivity index (χ2v) is 7.63. The molecule has 1 fully saturated rings. The Morgan fingerprint density at radius 3 is 2.67 bits per heavy atom. The quantitative estimate of drug-likeness (QED) is 0.589. The summed E-state index contributed by atoms with van der Waals surface area (Å²) in [6.45, 7) is 9.21. The van der Waals surface area contributed by atoms with Gasteiger partial charge in [0.05, 0.1) is 22.2 Å². The molecule has 0 unspecified atom stereocenters. The fraction of sp³-hybridized carbons (Fsp3) is 0.500. The second kappa shape index (κ2) is 6.98. The molecule has 1 amide bonds. The number of rotatable bonds is 2. The van der Waals surface area contributed by atoms with E-state index in [-0.39, 0.29) is 17.8 Å². The van der Waals surface area contributed by atoms with Crippen LogP contribution in [0.25, 0.3) is 11.0 Å². The number of non-ortho nitro benzene ring substituents is 1. The minimum Gasteiger partial charge on any atom is -0.444 e. The van der Waals surface area contributed by atoms with Crippen molar-refractivity contribution in [1.29, 1.82) is 0 Å². The van der Waals surface area contributed by atoms with E-state index in [2.05, 4.69) is 14.9 Å². The number of anilines is 1. The van der Waals surface area contributed by atoms with Crippen LogP contribution in [0.2, 0.25) is 0 Å². The average Bonchev–Trinajstić information content (AvgIpc) is 2.59. The predicted molar refractivity (Wildman–Crippen MR) is 101 cm³/mol. The van der Waals surface area contributed by atoms with Gasteiger partial charge in [-0.25, -0.2) is 9.78 Å². The predicted octanol–water partition coefficient (Wildman–Crippen LogP) is 2.98. The molecule has 1 aliphatic rings. The summed E-state index contributed by atoms with van der Waals surface area (Å²) in [5, 5.41) is 10.9. The van der Waals surface area contributed by atoms with Crippen LogP contribution in [0, 0.1) is 10.1 Å². The van der Waals surface area contributed by atoms with Crippen LogP contribution in [0.5, 0.6) is 0 Å². The first kappa shape index (κ1) is 18.8. The standard InChI is InChI=1S/C18H23N5O4/c1-12-11-21(17(24)27-18(2,3)4)7-8-22(12)16-10-19-15-9-13(23(25)26)5-6-14(15)20-16/h5-6,9-10,12H,7-8,11H2,1-4H3/t12-/m1/s1. The Labute approximate surface area is 157 Å². The van der Waals surface area contributed by atoms with Gasteiger partial charge in [-0.05, 0) is 33.8 Å². The molecule has 0 aliphatic carbocycles. The number of aromatic nitrogens is 2. The van der Waals surface area contributed by atoms with Gasteiger partial charge >= 0.3 is 6.09 Å². The van der Waals surface area contributed by atoms with E-state index >= 15 is 0 Å². The molecule has 9 heteroatoms. The molecule has 2 heterocycles. The number of amides is 1. The highest BCUT2D eigenvalue weighted by Crippen LogP contribution is 2.23. The largest absolute Gasteiger partial charge is 0.444 e. The van der Waals surface area contributed by atoms with Crippen molar-refractivity contribution < 1.29 is 14.5 Å². The van der Waals surface area contributed by atoms with E-state index in [1.54, 1.807) is 17.2 Å². The number of nitro groups is 1. The smallest absolute Gasteiger partial charge is 0.410 e. The molecular weight excluding hydrogens is 350 g/mol. The number of carbonyl (C=O) groups excluding carboxylic acids is 1. The van der Waals surface area contributed by atoms with Crippen LogP contribution in [0.1, 0.15) is 27.7 Å². The number of piperazine rings is 1. The van der Waals surface area contributed by atoms with Gasteiger partial charge in [0, 0.05) is 37.8 Å². The van der Waals surface area contributed by atoms with Crippen molar-refractivity contribution in [3.05, 3.63) is 34.5 Å². The van der Waals surface area contributed by atoms with Crippen molar-refractivity contribution in [3.8, 4) is 0 Å². The fourth-order valence-corrected chi connectivity index (χ4v) is 3.03. The molecule has 1 saturated heterocycles. The monoisotopic (exact) mass is 373 g/mol. The van der Waals surface area contributed by atoms with E-state index < -0.39 is 10.5 Å². The molecule has 2 aromatic rings. The summed E-state index contributed by atoms with van der Waals surface area (Å²) in [7, 11) is 0. The zero-order valence-electron chi connectivity index (χ0n) is 15.9. The number of nitrogens with zero attached hydrogens (tertiary/aromatic N) is 5. The number of carbonyl (C=O) groups is 1. The van der Waals surface area contributed by atoms with E-state index in [4.69, 9.17) is 4.74 Å². The molecule has 0 saturated carbocycles. The summed E-state index contributed by atoms with van der Waals surface area (Å²) in [6.07, 6.45) is 1.30. The van der Waals surface area contributed by atoms with Crippen molar-refractivity contribution >= 4 is 28.6 Å². The highest BCUT2D eigenvalue weighted by atomic mass is 16.6. The summed E-state index contributed by atoms with van der Waals surface area (Å²) in [6, 6.07) is 4.47. The van der Waals surface area contributed by atoms with Crippen LogP contribution in [0.4, 0.5) is 16.3 Å². The molecule has 0 bridgehead atoms. The number of hydrogen-bond acceptors (Lipinski definition) is 7. The average molecular weight is 373 g/mol. The lowest BCUT2D eigenvalue weighted by molar-refractivity contribution is -0.384. The number of nitro benzene ring substituents is 1. The summed E-state index contributed by atoms with van der Waals surface area (Å²) >= 11 is 0. The minimum atomic E-state index is -0.524. The first-order valence-corrected chi connectivity index (χ1v) is 8.80. The molecule has 1 aromatic carbocycles. The van der Waals surface area contributed by atoms with Gasteiger partial charge in [-0.15, -0.1) is 0 Å². The lowest BCUT2D eigenvalue weighted by Crippen LogP contribution is -2.54. The summed E-state index contributed by atoms with van der Waals surface area (Å²) < 4.78 is 5.44. The number of fused-ring (bicyclic) bond motifs is 1. The van der Waals surface area contributed by atoms with Gasteiger partial charge in [-0.3, -0.25) is 15.1 Å². The fourth-order valence-electron chi connectivity index (χ4n) is 3.03. The Bertz CT molecular complexity index is 880. The van der Waals surface area contributed by atoms with E-state index in [1.165, 1.54) is 12.1 Å². The molecule has 27 heavy (non-hydrogen) atoms. The van der Waals surface area contributed by atoms with E-state index in [1.807, 2.05) is 27.7 Å². The van der Waals surface area contributed by atoms with Gasteiger partial charge in [0.25, 0.3) is 5.69 Å². The summed E-state index contributed by atoms with van der Waals surface area (Å²) in [4.78, 5) is 35.4. The summed E-state index contributed by atoms with van der Waals surface area (Å²) in [5.74, 6) is 0.688. The molecule has 0 radical (unpaired) electrons. The SMILES string of the molecule is C[C@@H]1CN(C(=O)OC(C)(C)C)CCN1c1cnc2cc([N+](=O)[O-])ccc2n1. The Balaban J connectivity index is 1.75. The Hall–Kier alpha value is -2.97. The van der Waals surface area contributed by atoms with Crippen LogP contribution < -0.4 is 4.90 Å². The van der Waals surface area contributed by atoms with Crippen LogP contribution in [0.15, 0.2) is 24.4 Å². The maximum absolute atomic E-state index is 12.3. The van der Waals surface area contributed by atoms with Crippen LogP contribution in [0.3, 0.4) is 0 Å². The van der Waals surface area contributed by atoms with Crippen molar-refractivity contribution in [2.24, 2.45) is 0 Å². The lowest BCUT2D eigenvalue weighted by atomic mass is 10.2. The second-order valence-electron chi connectivity index (χ2n) is 7.63. The Morgan fingerprint density at radius 1 is 1.30 bits per heavy atom. The topological polar surface area (TPSA) is 102 Å². The van der Waals surface area contributed by atoms with Crippen molar-refractivity contribution in [1.82, 2.24) is 14.9 Å². The molecular formula is C18H23N5O4. The van der Waals surface area contributed by atoms with Gasteiger partial charge in [-0.1, -0.05) is 0 Å². The molecule has 0 N–H and O–H groups in total. The van der Waals surface area contributed by atoms with E-state index in [0.717, 1.165) is 0 Å². The number of hydrogen-bond donors (Lipinski definition) is 0. The number of benzene rings is 1.